The molecule has 0 spiro atoms. The number of fused-ring (bicyclic) bond motifs is 3. The van der Waals surface area contributed by atoms with Crippen molar-refractivity contribution in [3.8, 4) is 0 Å². The second kappa shape index (κ2) is 10.2. The maximum Gasteiger partial charge on any atom is 0.0540 e. The van der Waals surface area contributed by atoms with Crippen molar-refractivity contribution in [2.75, 3.05) is 4.90 Å². The molecule has 1 aliphatic rings. The molecule has 0 bridgehead atoms. The quantitative estimate of drug-likeness (QED) is 0.222. The predicted octanol–water partition coefficient (Wildman–Crippen LogP) is 10.5. The molecule has 5 aromatic carbocycles. The molecule has 0 saturated carbocycles. The maximum absolute atomic E-state index is 2.39. The van der Waals surface area contributed by atoms with E-state index < -0.39 is 0 Å². The Morgan fingerprint density at radius 1 is 0.550 bits per heavy atom. The largest absolute Gasteiger partial charge is 0.310 e. The van der Waals surface area contributed by atoms with Crippen molar-refractivity contribution in [1.29, 1.82) is 0 Å². The van der Waals surface area contributed by atoms with E-state index in [2.05, 4.69) is 168 Å². The van der Waals surface area contributed by atoms with E-state index in [0.717, 1.165) is 17.8 Å². The third-order valence-corrected chi connectivity index (χ3v) is 7.77. The predicted molar refractivity (Wildman–Crippen MR) is 171 cm³/mol. The standard InChI is InChI=1S/C38H30N2/c1-28-12-5-8-19-36(28)39(31-14-3-2-4-15-31)33-26-23-30(24-27-33)29-13-11-16-32(25-22-29)40-37-20-9-6-17-34(37)35-18-7-10-21-38(35)40/h2-10,12-27H,11H2,1H3. The molecule has 1 heterocycles. The van der Waals surface area contributed by atoms with Crippen LogP contribution in [-0.4, -0.2) is 4.57 Å². The van der Waals surface area contributed by atoms with E-state index in [4.69, 9.17) is 0 Å². The lowest BCUT2D eigenvalue weighted by Gasteiger charge is -2.27. The van der Waals surface area contributed by atoms with E-state index in [9.17, 15) is 0 Å². The highest BCUT2D eigenvalue weighted by Gasteiger charge is 2.15. The average Bonchev–Trinajstić information content (AvgIpc) is 3.15. The molecule has 1 aliphatic carbocycles. The monoisotopic (exact) mass is 514 g/mol. The molecule has 0 N–H and O–H groups in total. The van der Waals surface area contributed by atoms with Gasteiger partial charge in [-0.3, -0.25) is 0 Å². The number of hydrogen-bond acceptors (Lipinski definition) is 1. The molecule has 0 radical (unpaired) electrons. The first kappa shape index (κ1) is 24.0. The van der Waals surface area contributed by atoms with E-state index in [-0.39, 0.29) is 0 Å². The number of hydrogen-bond donors (Lipinski definition) is 0. The zero-order valence-electron chi connectivity index (χ0n) is 22.5. The number of benzene rings is 5. The van der Waals surface area contributed by atoms with Crippen LogP contribution in [0.4, 0.5) is 17.1 Å². The molecule has 7 rings (SSSR count). The smallest absolute Gasteiger partial charge is 0.0540 e. The summed E-state index contributed by atoms with van der Waals surface area (Å²) >= 11 is 0. The number of para-hydroxylation sites is 4. The lowest BCUT2D eigenvalue weighted by Crippen LogP contribution is -2.11. The second-order valence-electron chi connectivity index (χ2n) is 10.2. The van der Waals surface area contributed by atoms with Crippen LogP contribution >= 0.6 is 0 Å². The highest BCUT2D eigenvalue weighted by atomic mass is 15.1. The van der Waals surface area contributed by atoms with Crippen molar-refractivity contribution in [2.24, 2.45) is 0 Å². The fraction of sp³-hybridized carbons (Fsp3) is 0.0526. The number of allylic oxidation sites excluding steroid dienone is 6. The fourth-order valence-electron chi connectivity index (χ4n) is 5.82. The van der Waals surface area contributed by atoms with E-state index in [1.165, 1.54) is 49.9 Å². The third kappa shape index (κ3) is 4.24. The highest BCUT2D eigenvalue weighted by Crippen LogP contribution is 2.37. The minimum absolute atomic E-state index is 0.875. The molecule has 6 aromatic rings. The first-order chi connectivity index (χ1) is 19.8. The van der Waals surface area contributed by atoms with E-state index in [0.29, 0.717) is 0 Å². The van der Waals surface area contributed by atoms with Crippen molar-refractivity contribution < 1.29 is 0 Å². The molecule has 192 valence electrons. The van der Waals surface area contributed by atoms with Gasteiger partial charge in [0.1, 0.15) is 0 Å². The van der Waals surface area contributed by atoms with Crippen LogP contribution in [-0.2, 0) is 0 Å². The molecule has 0 amide bonds. The molecule has 0 aliphatic heterocycles. The summed E-state index contributed by atoms with van der Waals surface area (Å²) in [5.41, 5.74) is 10.9. The van der Waals surface area contributed by atoms with Crippen molar-refractivity contribution >= 4 is 50.1 Å². The Morgan fingerprint density at radius 2 is 1.15 bits per heavy atom. The fourth-order valence-corrected chi connectivity index (χ4v) is 5.82. The Hall–Kier alpha value is -5.08. The van der Waals surface area contributed by atoms with Gasteiger partial charge in [-0.1, -0.05) is 103 Å². The van der Waals surface area contributed by atoms with Gasteiger partial charge in [0, 0.05) is 33.5 Å². The van der Waals surface area contributed by atoms with Crippen molar-refractivity contribution in [2.45, 2.75) is 13.3 Å². The zero-order valence-corrected chi connectivity index (χ0v) is 22.5. The van der Waals surface area contributed by atoms with E-state index >= 15 is 0 Å². The lowest BCUT2D eigenvalue weighted by molar-refractivity contribution is 1.22. The molecule has 0 fully saturated rings. The molecule has 0 saturated heterocycles. The zero-order chi connectivity index (χ0) is 26.9. The number of aromatic nitrogens is 1. The molecular weight excluding hydrogens is 484 g/mol. The summed E-state index contributed by atoms with van der Waals surface area (Å²) in [5.74, 6) is 0. The molecule has 2 nitrogen and oxygen atoms in total. The van der Waals surface area contributed by atoms with Gasteiger partial charge in [0.05, 0.1) is 11.0 Å². The van der Waals surface area contributed by atoms with Gasteiger partial charge in [-0.25, -0.2) is 0 Å². The summed E-state index contributed by atoms with van der Waals surface area (Å²) in [5, 5.41) is 2.58. The van der Waals surface area contributed by atoms with Crippen LogP contribution in [0.3, 0.4) is 0 Å². The summed E-state index contributed by atoms with van der Waals surface area (Å²) in [7, 11) is 0. The Morgan fingerprint density at radius 3 is 1.85 bits per heavy atom. The van der Waals surface area contributed by atoms with Crippen LogP contribution in [0.25, 0.3) is 33.1 Å². The normalized spacial score (nSPS) is 13.2. The van der Waals surface area contributed by atoms with E-state index in [1.54, 1.807) is 0 Å². The van der Waals surface area contributed by atoms with Gasteiger partial charge < -0.3 is 9.47 Å². The van der Waals surface area contributed by atoms with Gasteiger partial charge in [-0.15, -0.1) is 0 Å². The average molecular weight is 515 g/mol. The van der Waals surface area contributed by atoms with Crippen LogP contribution in [0.15, 0.2) is 152 Å². The van der Waals surface area contributed by atoms with Gasteiger partial charge >= 0.3 is 0 Å². The van der Waals surface area contributed by atoms with Gasteiger partial charge in [0.15, 0.2) is 0 Å². The number of aryl methyl sites for hydroxylation is 1. The van der Waals surface area contributed by atoms with Crippen molar-refractivity contribution in [1.82, 2.24) is 4.57 Å². The maximum atomic E-state index is 2.39. The summed E-state index contributed by atoms with van der Waals surface area (Å²) in [6.07, 6.45) is 10.0. The molecule has 2 heteroatoms. The van der Waals surface area contributed by atoms with Gasteiger partial charge in [0.2, 0.25) is 0 Å². The first-order valence-electron chi connectivity index (χ1n) is 13.9. The van der Waals surface area contributed by atoms with Crippen LogP contribution < -0.4 is 4.90 Å². The van der Waals surface area contributed by atoms with Crippen LogP contribution in [0, 0.1) is 6.92 Å². The topological polar surface area (TPSA) is 8.17 Å². The Labute approximate surface area is 235 Å². The highest BCUT2D eigenvalue weighted by molar-refractivity contribution is 6.10. The number of nitrogens with zero attached hydrogens (tertiary/aromatic N) is 2. The molecule has 0 unspecified atom stereocenters. The van der Waals surface area contributed by atoms with Gasteiger partial charge in [-0.2, -0.15) is 0 Å². The summed E-state index contributed by atoms with van der Waals surface area (Å²) < 4.78 is 2.39. The van der Waals surface area contributed by atoms with Crippen LogP contribution in [0.2, 0.25) is 0 Å². The van der Waals surface area contributed by atoms with Crippen LogP contribution in [0.1, 0.15) is 17.5 Å². The SMILES string of the molecule is Cc1ccccc1N(c1ccccc1)c1ccc(C2=CCC=C(n3c4ccccc4c4ccccc43)C=C2)cc1. The lowest BCUT2D eigenvalue weighted by atomic mass is 10.0. The van der Waals surface area contributed by atoms with E-state index in [1.807, 2.05) is 0 Å². The number of rotatable bonds is 5. The van der Waals surface area contributed by atoms with Gasteiger partial charge in [-0.05, 0) is 78.6 Å². The summed E-state index contributed by atoms with van der Waals surface area (Å²) in [4.78, 5) is 2.33. The third-order valence-electron chi connectivity index (χ3n) is 7.77. The minimum atomic E-state index is 0.875. The molecule has 0 atom stereocenters. The molecular formula is C38H30N2. The summed E-state index contributed by atoms with van der Waals surface area (Å²) in [6, 6.07) is 45.5. The Balaban J connectivity index is 1.22. The molecule has 1 aromatic heterocycles. The Kier molecular flexibility index (Phi) is 6.14. The molecule has 40 heavy (non-hydrogen) atoms. The van der Waals surface area contributed by atoms with Gasteiger partial charge in [0.25, 0.3) is 0 Å². The Bertz CT molecular complexity index is 1860. The van der Waals surface area contributed by atoms with Crippen molar-refractivity contribution in [3.05, 3.63) is 163 Å². The van der Waals surface area contributed by atoms with Crippen molar-refractivity contribution in [3.63, 3.8) is 0 Å². The summed E-state index contributed by atoms with van der Waals surface area (Å²) in [6.45, 7) is 2.17. The van der Waals surface area contributed by atoms with Crippen LogP contribution in [0.5, 0.6) is 0 Å². The second-order valence-corrected chi connectivity index (χ2v) is 10.2. The minimum Gasteiger partial charge on any atom is -0.310 e. The first-order valence-corrected chi connectivity index (χ1v) is 13.9. The number of anilines is 3.